The Morgan fingerprint density at radius 3 is 2.38 bits per heavy atom. The van der Waals surface area contributed by atoms with Gasteiger partial charge in [-0.2, -0.15) is 13.2 Å². The lowest BCUT2D eigenvalue weighted by Gasteiger charge is -2.17. The number of halogens is 5. The number of aromatic nitrogens is 2. The first-order valence-electron chi connectivity index (χ1n) is 8.42. The van der Waals surface area contributed by atoms with Crippen molar-refractivity contribution in [2.45, 2.75) is 43.0 Å². The minimum atomic E-state index is -4.92. The second kappa shape index (κ2) is 8.74. The summed E-state index contributed by atoms with van der Waals surface area (Å²) in [6.45, 7) is 3.27. The molecule has 2 aromatic rings. The number of Topliss-reactive ketones (excluding diaryl/α,β-unsaturated/α-hetero) is 1. The highest BCUT2D eigenvalue weighted by molar-refractivity contribution is 8.00. The van der Waals surface area contributed by atoms with Gasteiger partial charge in [0.05, 0.1) is 10.7 Å². The molecular weight excluding hydrogens is 436 g/mol. The Bertz CT molecular complexity index is 1060. The van der Waals surface area contributed by atoms with Gasteiger partial charge in [0.2, 0.25) is 0 Å². The van der Waals surface area contributed by atoms with Crippen LogP contribution in [0.25, 0.3) is 5.69 Å². The fraction of sp³-hybridized carbons (Fsp3) is 0.389. The van der Waals surface area contributed by atoms with E-state index in [0.717, 1.165) is 30.9 Å². The molecule has 1 atom stereocenters. The van der Waals surface area contributed by atoms with Gasteiger partial charge in [-0.25, -0.2) is 13.8 Å². The number of nitrogens with zero attached hydrogens (tertiary/aromatic N) is 2. The summed E-state index contributed by atoms with van der Waals surface area (Å²) in [4.78, 5) is 36.3. The molecule has 1 aromatic heterocycles. The lowest BCUT2D eigenvalue weighted by atomic mass is 10.2. The quantitative estimate of drug-likeness (QED) is 0.487. The van der Waals surface area contributed by atoms with Crippen molar-refractivity contribution in [3.63, 3.8) is 0 Å². The Morgan fingerprint density at radius 1 is 1.24 bits per heavy atom. The van der Waals surface area contributed by atoms with Gasteiger partial charge in [0.15, 0.2) is 0 Å². The van der Waals surface area contributed by atoms with Crippen molar-refractivity contribution in [1.29, 1.82) is 0 Å². The maximum absolute atomic E-state index is 14.5. The van der Waals surface area contributed by atoms with E-state index in [1.807, 2.05) is 6.92 Å². The maximum atomic E-state index is 14.5. The minimum absolute atomic E-state index is 0.00460. The van der Waals surface area contributed by atoms with Gasteiger partial charge >= 0.3 is 11.9 Å². The zero-order valence-corrected chi connectivity index (χ0v) is 17.2. The van der Waals surface area contributed by atoms with Crippen molar-refractivity contribution in [3.05, 3.63) is 55.6 Å². The molecule has 29 heavy (non-hydrogen) atoms. The highest BCUT2D eigenvalue weighted by Gasteiger charge is 2.35. The summed E-state index contributed by atoms with van der Waals surface area (Å²) in [6.07, 6.45) is -4.10. The Kier molecular flexibility index (Phi) is 7.00. The van der Waals surface area contributed by atoms with Crippen LogP contribution in [0.3, 0.4) is 0 Å². The molecule has 0 spiro atoms. The van der Waals surface area contributed by atoms with Gasteiger partial charge in [0.1, 0.15) is 17.3 Å². The Labute approximate surface area is 172 Å². The number of thioether (sulfide) groups is 1. The number of carbonyl (C=O) groups is 1. The van der Waals surface area contributed by atoms with Gasteiger partial charge in [0, 0.05) is 29.7 Å². The van der Waals surface area contributed by atoms with Crippen LogP contribution >= 0.6 is 23.4 Å². The molecule has 2 rings (SSSR count). The van der Waals surface area contributed by atoms with Gasteiger partial charge in [-0.3, -0.25) is 14.2 Å². The predicted molar refractivity (Wildman–Crippen MR) is 102 cm³/mol. The fourth-order valence-corrected chi connectivity index (χ4v) is 4.15. The Hall–Kier alpha value is -2.07. The molecular formula is C18H17ClF4N2O3S. The van der Waals surface area contributed by atoms with Crippen LogP contribution in [0.4, 0.5) is 17.6 Å². The van der Waals surface area contributed by atoms with Crippen molar-refractivity contribution < 1.29 is 22.4 Å². The number of benzene rings is 1. The maximum Gasteiger partial charge on any atom is 0.431 e. The molecule has 0 aliphatic rings. The van der Waals surface area contributed by atoms with Crippen molar-refractivity contribution in [2.24, 2.45) is 7.05 Å². The van der Waals surface area contributed by atoms with Crippen molar-refractivity contribution in [2.75, 3.05) is 0 Å². The van der Waals surface area contributed by atoms with Crippen LogP contribution in [0.5, 0.6) is 0 Å². The zero-order valence-electron chi connectivity index (χ0n) is 15.6. The molecule has 0 saturated heterocycles. The summed E-state index contributed by atoms with van der Waals surface area (Å²) >= 11 is 7.22. The van der Waals surface area contributed by atoms with E-state index in [0.29, 0.717) is 15.9 Å². The van der Waals surface area contributed by atoms with Crippen molar-refractivity contribution in [3.8, 4) is 5.69 Å². The van der Waals surface area contributed by atoms with Gasteiger partial charge < -0.3 is 0 Å². The van der Waals surface area contributed by atoms with E-state index in [9.17, 15) is 31.9 Å². The number of ketones is 1. The van der Waals surface area contributed by atoms with E-state index in [-0.39, 0.29) is 33.1 Å². The first kappa shape index (κ1) is 23.2. The van der Waals surface area contributed by atoms with Gasteiger partial charge in [0.25, 0.3) is 5.56 Å². The molecule has 11 heteroatoms. The number of hydrogen-bond acceptors (Lipinski definition) is 4. The second-order valence-corrected chi connectivity index (χ2v) is 8.08. The van der Waals surface area contributed by atoms with Crippen LogP contribution in [0.15, 0.2) is 32.7 Å². The third-order valence-corrected chi connectivity index (χ3v) is 5.97. The van der Waals surface area contributed by atoms with Crippen LogP contribution < -0.4 is 11.2 Å². The van der Waals surface area contributed by atoms with Crippen LogP contribution in [-0.4, -0.2) is 20.2 Å². The third kappa shape index (κ3) is 5.11. The Balaban J connectivity index is 2.65. The van der Waals surface area contributed by atoms with Crippen LogP contribution in [0, 0.1) is 5.82 Å². The third-order valence-electron chi connectivity index (χ3n) is 4.12. The highest BCUT2D eigenvalue weighted by Crippen LogP contribution is 2.35. The Morgan fingerprint density at radius 2 is 1.86 bits per heavy atom. The minimum Gasteiger partial charge on any atom is -0.300 e. The fourth-order valence-electron chi connectivity index (χ4n) is 2.67. The SMILES string of the molecule is CCC(CC(C)=O)Sc1cc(-n2c(=O)cc(C(F)(F)F)n(C)c2=O)c(F)cc1Cl. The number of alkyl halides is 3. The van der Waals surface area contributed by atoms with Crippen molar-refractivity contribution in [1.82, 2.24) is 9.13 Å². The van der Waals surface area contributed by atoms with Crippen LogP contribution in [0.1, 0.15) is 32.4 Å². The number of carbonyl (C=O) groups excluding carboxylic acids is 1. The molecule has 0 N–H and O–H groups in total. The first-order chi connectivity index (χ1) is 13.4. The van der Waals surface area contributed by atoms with E-state index in [2.05, 4.69) is 0 Å². The second-order valence-electron chi connectivity index (χ2n) is 6.33. The lowest BCUT2D eigenvalue weighted by Crippen LogP contribution is -2.41. The highest BCUT2D eigenvalue weighted by atomic mass is 35.5. The number of hydrogen-bond donors (Lipinski definition) is 0. The summed E-state index contributed by atoms with van der Waals surface area (Å²) in [6, 6.07) is 2.23. The van der Waals surface area contributed by atoms with Crippen LogP contribution in [-0.2, 0) is 18.0 Å². The molecule has 0 aliphatic heterocycles. The monoisotopic (exact) mass is 452 g/mol. The van der Waals surface area contributed by atoms with Gasteiger partial charge in [-0.15, -0.1) is 11.8 Å². The van der Waals surface area contributed by atoms with Gasteiger partial charge in [-0.1, -0.05) is 18.5 Å². The van der Waals surface area contributed by atoms with E-state index < -0.39 is 34.6 Å². The smallest absolute Gasteiger partial charge is 0.300 e. The summed E-state index contributed by atoms with van der Waals surface area (Å²) in [5, 5.41) is -0.189. The standard InChI is InChI=1S/C18H17ClF4N2O3S/c1-4-10(5-9(2)26)29-14-7-13(12(20)6-11(14)19)25-16(27)8-15(18(21,22)23)24(3)17(25)28/h6-8,10H,4-5H2,1-3H3. The molecule has 158 valence electrons. The molecule has 0 radical (unpaired) electrons. The largest absolute Gasteiger partial charge is 0.431 e. The summed E-state index contributed by atoms with van der Waals surface area (Å²) in [5.41, 5.74) is -4.64. The topological polar surface area (TPSA) is 61.1 Å². The molecule has 1 heterocycles. The van der Waals surface area contributed by atoms with E-state index >= 15 is 0 Å². The molecule has 1 aromatic carbocycles. The summed E-state index contributed by atoms with van der Waals surface area (Å²) in [7, 11) is 0.838. The molecule has 0 bridgehead atoms. The predicted octanol–water partition coefficient (Wildman–Crippen LogP) is 4.20. The molecule has 1 unspecified atom stereocenters. The average molecular weight is 453 g/mol. The molecule has 0 amide bonds. The molecule has 0 fully saturated rings. The van der Waals surface area contributed by atoms with E-state index in [4.69, 9.17) is 11.6 Å². The normalized spacial score (nSPS) is 12.8. The summed E-state index contributed by atoms with van der Waals surface area (Å²) in [5.74, 6) is -1.10. The van der Waals surface area contributed by atoms with Gasteiger partial charge in [-0.05, 0) is 25.5 Å². The average Bonchev–Trinajstić information content (AvgIpc) is 2.59. The first-order valence-corrected chi connectivity index (χ1v) is 9.68. The van der Waals surface area contributed by atoms with Crippen LogP contribution in [0.2, 0.25) is 5.02 Å². The molecule has 0 saturated carbocycles. The zero-order chi connectivity index (χ0) is 22.1. The van der Waals surface area contributed by atoms with Crippen molar-refractivity contribution >= 4 is 29.1 Å². The summed E-state index contributed by atoms with van der Waals surface area (Å²) < 4.78 is 54.0. The van der Waals surface area contributed by atoms with E-state index in [1.165, 1.54) is 6.92 Å². The molecule has 0 aliphatic carbocycles. The molecule has 5 nitrogen and oxygen atoms in total. The number of rotatable bonds is 6. The lowest BCUT2D eigenvalue weighted by molar-refractivity contribution is -0.144. The van der Waals surface area contributed by atoms with E-state index in [1.54, 1.807) is 0 Å².